The minimum absolute atomic E-state index is 1.38. The maximum absolute atomic E-state index is 10.9. The van der Waals surface area contributed by atoms with Gasteiger partial charge in [-0.3, -0.25) is 9.59 Å². The van der Waals surface area contributed by atoms with Crippen LogP contribution in [0.1, 0.15) is 12.8 Å². The number of esters is 1. The second-order valence-electron chi connectivity index (χ2n) is 3.14. The van der Waals surface area contributed by atoms with E-state index in [0.717, 1.165) is 0 Å². The van der Waals surface area contributed by atoms with E-state index in [2.05, 4.69) is 4.74 Å². The molecular formula is C8H8O10. The molecule has 0 aromatic rings. The molecular weight excluding hydrogens is 256 g/mol. The van der Waals surface area contributed by atoms with Gasteiger partial charge in [-0.1, -0.05) is 0 Å². The molecule has 0 aliphatic heterocycles. The Morgan fingerprint density at radius 2 is 1.22 bits per heavy atom. The normalized spacial score (nSPS) is 10.4. The van der Waals surface area contributed by atoms with Gasteiger partial charge >= 0.3 is 29.8 Å². The highest BCUT2D eigenvalue weighted by Gasteiger charge is 2.48. The van der Waals surface area contributed by atoms with Crippen molar-refractivity contribution in [3.05, 3.63) is 0 Å². The van der Waals surface area contributed by atoms with Crippen LogP contribution in [0.15, 0.2) is 0 Å². The van der Waals surface area contributed by atoms with Crippen LogP contribution in [0, 0.1) is 0 Å². The maximum Gasteiger partial charge on any atom is 0.418 e. The summed E-state index contributed by atoms with van der Waals surface area (Å²) in [6.07, 6.45) is -2.76. The first-order valence-corrected chi connectivity index (χ1v) is 4.24. The maximum atomic E-state index is 10.9. The summed E-state index contributed by atoms with van der Waals surface area (Å²) in [6.45, 7) is 0. The highest BCUT2D eigenvalue weighted by Crippen LogP contribution is 2.22. The molecule has 0 aromatic heterocycles. The minimum atomic E-state index is -2.97. The van der Waals surface area contributed by atoms with Crippen LogP contribution in [0.25, 0.3) is 0 Å². The molecule has 4 N–H and O–H groups in total. The third kappa shape index (κ3) is 4.08. The lowest BCUT2D eigenvalue weighted by molar-refractivity contribution is -0.190. The minimum Gasteiger partial charge on any atom is -0.481 e. The SMILES string of the molecule is O=C(O)CC(CC(=O)O)(OC(=O)C(=O)O)C(=O)O. The molecule has 0 rings (SSSR count). The Labute approximate surface area is 98.4 Å². The van der Waals surface area contributed by atoms with Crippen molar-refractivity contribution < 1.29 is 49.1 Å². The zero-order valence-corrected chi connectivity index (χ0v) is 8.65. The van der Waals surface area contributed by atoms with Crippen LogP contribution < -0.4 is 0 Å². The standard InChI is InChI=1S/C8H8O10/c9-3(10)1-8(7(16)17,2-4(11)12)18-6(15)5(13)14/h1-2H2,(H,9,10)(H,11,12)(H,13,14)(H,16,17). The number of carboxylic acid groups (broad SMARTS) is 4. The predicted molar refractivity (Wildman–Crippen MR) is 48.6 cm³/mol. The fourth-order valence-corrected chi connectivity index (χ4v) is 1.04. The second kappa shape index (κ2) is 5.61. The Balaban J connectivity index is 5.38. The first kappa shape index (κ1) is 15.3. The highest BCUT2D eigenvalue weighted by atomic mass is 16.6. The first-order valence-electron chi connectivity index (χ1n) is 4.24. The van der Waals surface area contributed by atoms with Crippen LogP contribution in [0.3, 0.4) is 0 Å². The molecule has 0 bridgehead atoms. The summed E-state index contributed by atoms with van der Waals surface area (Å²) in [5.41, 5.74) is -2.97. The van der Waals surface area contributed by atoms with E-state index < -0.39 is 48.3 Å². The quantitative estimate of drug-likeness (QED) is 0.322. The Morgan fingerprint density at radius 3 is 1.44 bits per heavy atom. The molecule has 0 spiro atoms. The van der Waals surface area contributed by atoms with Crippen LogP contribution in [0.5, 0.6) is 0 Å². The number of aliphatic carboxylic acids is 4. The van der Waals surface area contributed by atoms with Crippen LogP contribution in [0.2, 0.25) is 0 Å². The number of ether oxygens (including phenoxy) is 1. The topological polar surface area (TPSA) is 175 Å². The van der Waals surface area contributed by atoms with Crippen molar-refractivity contribution in [2.45, 2.75) is 18.4 Å². The van der Waals surface area contributed by atoms with Gasteiger partial charge in [0, 0.05) is 0 Å². The van der Waals surface area contributed by atoms with E-state index in [1.165, 1.54) is 0 Å². The van der Waals surface area contributed by atoms with Crippen molar-refractivity contribution in [2.75, 3.05) is 0 Å². The monoisotopic (exact) mass is 264 g/mol. The summed E-state index contributed by atoms with van der Waals surface area (Å²) in [5, 5.41) is 33.9. The Hall–Kier alpha value is -2.65. The molecule has 0 unspecified atom stereocenters. The summed E-state index contributed by atoms with van der Waals surface area (Å²) in [5.74, 6) is -9.83. The number of carbonyl (C=O) groups is 5. The summed E-state index contributed by atoms with van der Waals surface area (Å²) in [4.78, 5) is 52.7. The van der Waals surface area contributed by atoms with Crippen molar-refractivity contribution in [3.63, 3.8) is 0 Å². The van der Waals surface area contributed by atoms with E-state index in [0.29, 0.717) is 0 Å². The lowest BCUT2D eigenvalue weighted by atomic mass is 9.95. The molecule has 10 nitrogen and oxygen atoms in total. The number of rotatable bonds is 6. The van der Waals surface area contributed by atoms with Crippen molar-refractivity contribution in [3.8, 4) is 0 Å². The zero-order valence-electron chi connectivity index (χ0n) is 8.65. The molecule has 100 valence electrons. The molecule has 0 saturated carbocycles. The summed E-state index contributed by atoms with van der Waals surface area (Å²) < 4.78 is 3.98. The highest BCUT2D eigenvalue weighted by molar-refractivity contribution is 6.29. The molecule has 0 atom stereocenters. The molecule has 0 saturated heterocycles. The summed E-state index contributed by atoms with van der Waals surface area (Å²) >= 11 is 0. The van der Waals surface area contributed by atoms with Gasteiger partial charge in [-0.25, -0.2) is 14.4 Å². The third-order valence-corrected chi connectivity index (χ3v) is 1.73. The van der Waals surface area contributed by atoms with Gasteiger partial charge in [0.05, 0.1) is 12.8 Å². The third-order valence-electron chi connectivity index (χ3n) is 1.73. The average Bonchev–Trinajstić information content (AvgIpc) is 2.14. The zero-order chi connectivity index (χ0) is 14.5. The fourth-order valence-electron chi connectivity index (χ4n) is 1.04. The Kier molecular flexibility index (Phi) is 4.78. The average molecular weight is 264 g/mol. The van der Waals surface area contributed by atoms with Gasteiger partial charge in [-0.15, -0.1) is 0 Å². The molecule has 0 aliphatic carbocycles. The van der Waals surface area contributed by atoms with Crippen molar-refractivity contribution in [1.29, 1.82) is 0 Å². The van der Waals surface area contributed by atoms with Gasteiger partial charge in [0.25, 0.3) is 0 Å². The predicted octanol–water partition coefficient (Wildman–Crippen LogP) is -1.61. The largest absolute Gasteiger partial charge is 0.481 e. The second-order valence-corrected chi connectivity index (χ2v) is 3.14. The van der Waals surface area contributed by atoms with Crippen LogP contribution in [0.4, 0.5) is 0 Å². The van der Waals surface area contributed by atoms with Crippen LogP contribution >= 0.6 is 0 Å². The smallest absolute Gasteiger partial charge is 0.418 e. The fraction of sp³-hybridized carbons (Fsp3) is 0.375. The van der Waals surface area contributed by atoms with E-state index in [-0.39, 0.29) is 0 Å². The van der Waals surface area contributed by atoms with E-state index in [1.807, 2.05) is 0 Å². The Bertz CT molecular complexity index is 392. The van der Waals surface area contributed by atoms with Crippen molar-refractivity contribution >= 4 is 29.8 Å². The van der Waals surface area contributed by atoms with Gasteiger partial charge in [-0.05, 0) is 0 Å². The lowest BCUT2D eigenvalue weighted by Gasteiger charge is -2.25. The molecule has 0 aromatic carbocycles. The van der Waals surface area contributed by atoms with Gasteiger partial charge in [0.2, 0.25) is 5.60 Å². The van der Waals surface area contributed by atoms with Gasteiger partial charge in [-0.2, -0.15) is 0 Å². The van der Waals surface area contributed by atoms with Gasteiger partial charge in [0.1, 0.15) is 0 Å². The summed E-state index contributed by atoms with van der Waals surface area (Å²) in [6, 6.07) is 0. The van der Waals surface area contributed by atoms with E-state index in [4.69, 9.17) is 20.4 Å². The molecule has 0 radical (unpaired) electrons. The number of carboxylic acids is 4. The molecule has 18 heavy (non-hydrogen) atoms. The van der Waals surface area contributed by atoms with Crippen molar-refractivity contribution in [1.82, 2.24) is 0 Å². The molecule has 0 aliphatic rings. The number of hydrogen-bond donors (Lipinski definition) is 4. The van der Waals surface area contributed by atoms with Gasteiger partial charge < -0.3 is 25.2 Å². The molecule has 0 fully saturated rings. The number of hydrogen-bond acceptors (Lipinski definition) is 6. The Morgan fingerprint density at radius 1 is 0.833 bits per heavy atom. The van der Waals surface area contributed by atoms with Crippen molar-refractivity contribution in [2.24, 2.45) is 0 Å². The lowest BCUT2D eigenvalue weighted by Crippen LogP contribution is -2.48. The van der Waals surface area contributed by atoms with Crippen LogP contribution in [-0.2, 0) is 28.7 Å². The first-order chi connectivity index (χ1) is 8.10. The van der Waals surface area contributed by atoms with E-state index in [1.54, 1.807) is 0 Å². The molecule has 0 amide bonds. The summed E-state index contributed by atoms with van der Waals surface area (Å²) in [7, 11) is 0. The van der Waals surface area contributed by atoms with Crippen LogP contribution in [-0.4, -0.2) is 55.9 Å². The van der Waals surface area contributed by atoms with E-state index in [9.17, 15) is 24.0 Å². The number of carbonyl (C=O) groups excluding carboxylic acids is 1. The van der Waals surface area contributed by atoms with Gasteiger partial charge in [0.15, 0.2) is 0 Å². The van der Waals surface area contributed by atoms with E-state index >= 15 is 0 Å². The molecule has 0 heterocycles. The molecule has 10 heteroatoms.